The van der Waals surface area contributed by atoms with Crippen molar-refractivity contribution in [3.8, 4) is 5.75 Å². The third kappa shape index (κ3) is 4.29. The molecule has 0 saturated heterocycles. The number of hydrogen-bond donors (Lipinski definition) is 0. The van der Waals surface area contributed by atoms with Crippen LogP contribution in [0.4, 0.5) is 8.78 Å². The first-order chi connectivity index (χ1) is 10.8. The van der Waals surface area contributed by atoms with E-state index in [1.807, 2.05) is 0 Å². The molecular weight excluding hydrogens is 322 g/mol. The van der Waals surface area contributed by atoms with Gasteiger partial charge in [-0.25, -0.2) is 8.78 Å². The van der Waals surface area contributed by atoms with Crippen LogP contribution in [0.3, 0.4) is 0 Å². The third-order valence-corrected chi connectivity index (χ3v) is 4.12. The van der Waals surface area contributed by atoms with E-state index in [1.54, 1.807) is 38.1 Å². The molecule has 2 aromatic rings. The van der Waals surface area contributed by atoms with Crippen molar-refractivity contribution in [3.63, 3.8) is 0 Å². The zero-order valence-corrected chi connectivity index (χ0v) is 13.7. The Hall–Kier alpha value is -1.94. The molecule has 122 valence electrons. The Bertz CT molecular complexity index is 697. The van der Waals surface area contributed by atoms with Crippen LogP contribution in [0.25, 0.3) is 0 Å². The molecule has 0 radical (unpaired) electrons. The van der Waals surface area contributed by atoms with Gasteiger partial charge in [-0.2, -0.15) is 0 Å². The van der Waals surface area contributed by atoms with Crippen molar-refractivity contribution in [3.05, 3.63) is 65.2 Å². The Labute approximate surface area is 139 Å². The van der Waals surface area contributed by atoms with Crippen LogP contribution in [0.15, 0.2) is 42.5 Å². The summed E-state index contributed by atoms with van der Waals surface area (Å²) in [6.07, 6.45) is 0. The Morgan fingerprint density at radius 1 is 1.13 bits per heavy atom. The van der Waals surface area contributed by atoms with Gasteiger partial charge in [-0.15, -0.1) is 11.6 Å². The van der Waals surface area contributed by atoms with Gasteiger partial charge in [0, 0.05) is 22.9 Å². The van der Waals surface area contributed by atoms with Crippen LogP contribution in [0.2, 0.25) is 0 Å². The number of halogens is 3. The summed E-state index contributed by atoms with van der Waals surface area (Å²) in [7, 11) is 0. The van der Waals surface area contributed by atoms with Gasteiger partial charge < -0.3 is 4.74 Å². The zero-order chi connectivity index (χ0) is 17.0. The van der Waals surface area contributed by atoms with E-state index >= 15 is 0 Å². The molecule has 0 amide bonds. The predicted octanol–water partition coefficient (Wildman–Crippen LogP) is 4.99. The predicted molar refractivity (Wildman–Crippen MR) is 86.0 cm³/mol. The summed E-state index contributed by atoms with van der Waals surface area (Å²) >= 11 is 5.81. The summed E-state index contributed by atoms with van der Waals surface area (Å²) in [6.45, 7) is 3.64. The van der Waals surface area contributed by atoms with E-state index in [-0.39, 0.29) is 24.0 Å². The topological polar surface area (TPSA) is 26.3 Å². The lowest BCUT2D eigenvalue weighted by Gasteiger charge is -2.19. The van der Waals surface area contributed by atoms with E-state index in [0.29, 0.717) is 5.56 Å². The summed E-state index contributed by atoms with van der Waals surface area (Å²) < 4.78 is 31.8. The molecule has 0 heterocycles. The molecule has 0 bridgehead atoms. The van der Waals surface area contributed by atoms with Crippen LogP contribution >= 0.6 is 11.6 Å². The van der Waals surface area contributed by atoms with Gasteiger partial charge in [0.05, 0.1) is 0 Å². The molecule has 0 spiro atoms. The fourth-order valence-electron chi connectivity index (χ4n) is 1.95. The van der Waals surface area contributed by atoms with Gasteiger partial charge in [0.1, 0.15) is 12.4 Å². The highest BCUT2D eigenvalue weighted by atomic mass is 35.5. The average Bonchev–Trinajstić information content (AvgIpc) is 2.55. The summed E-state index contributed by atoms with van der Waals surface area (Å²) in [6, 6.07) is 9.83. The molecule has 0 N–H and O–H groups in total. The Morgan fingerprint density at radius 2 is 1.78 bits per heavy atom. The van der Waals surface area contributed by atoms with E-state index in [1.165, 1.54) is 0 Å². The highest BCUT2D eigenvalue weighted by Gasteiger charge is 2.27. The number of carbonyl (C=O) groups is 1. The van der Waals surface area contributed by atoms with Gasteiger partial charge in [-0.05, 0) is 17.7 Å². The lowest BCUT2D eigenvalue weighted by Crippen LogP contribution is -2.26. The standard InChI is InChI=1S/C18H17ClF2O2/c1-18(2,11-19)17(22)13-5-3-12(4-6-13)10-23-16-9-14(20)7-8-15(16)21/h3-9H,10-11H2,1-2H3. The van der Waals surface area contributed by atoms with Crippen LogP contribution in [0, 0.1) is 17.0 Å². The molecule has 23 heavy (non-hydrogen) atoms. The Morgan fingerprint density at radius 3 is 2.39 bits per heavy atom. The van der Waals surface area contributed by atoms with Crippen molar-refractivity contribution in [2.24, 2.45) is 5.41 Å². The molecule has 0 saturated carbocycles. The van der Waals surface area contributed by atoms with Crippen molar-refractivity contribution in [2.75, 3.05) is 5.88 Å². The summed E-state index contributed by atoms with van der Waals surface area (Å²) in [5, 5.41) is 0. The maximum atomic E-state index is 13.5. The molecule has 0 fully saturated rings. The molecule has 0 aromatic heterocycles. The van der Waals surface area contributed by atoms with E-state index in [9.17, 15) is 13.6 Å². The Kier molecular flexibility index (Phi) is 5.37. The summed E-state index contributed by atoms with van der Waals surface area (Å²) in [5.74, 6) is -1.15. The number of benzene rings is 2. The number of rotatable bonds is 6. The minimum absolute atomic E-state index is 0.0452. The van der Waals surface area contributed by atoms with E-state index in [0.717, 1.165) is 23.8 Å². The number of hydrogen-bond acceptors (Lipinski definition) is 2. The second-order valence-electron chi connectivity index (χ2n) is 5.91. The number of ketones is 1. The van der Waals surface area contributed by atoms with Crippen LogP contribution in [0.5, 0.6) is 5.75 Å². The van der Waals surface area contributed by atoms with Crippen LogP contribution in [-0.4, -0.2) is 11.7 Å². The second-order valence-corrected chi connectivity index (χ2v) is 6.17. The maximum absolute atomic E-state index is 13.5. The molecule has 0 atom stereocenters. The van der Waals surface area contributed by atoms with Crippen LogP contribution < -0.4 is 4.74 Å². The largest absolute Gasteiger partial charge is 0.486 e. The summed E-state index contributed by atoms with van der Waals surface area (Å²) in [4.78, 5) is 12.3. The van der Waals surface area contributed by atoms with Gasteiger partial charge >= 0.3 is 0 Å². The molecule has 0 aliphatic carbocycles. The molecule has 0 unspecified atom stereocenters. The maximum Gasteiger partial charge on any atom is 0.169 e. The average molecular weight is 339 g/mol. The minimum Gasteiger partial charge on any atom is -0.486 e. The molecule has 2 rings (SSSR count). The SMILES string of the molecule is CC(C)(CCl)C(=O)c1ccc(COc2cc(F)ccc2F)cc1. The molecule has 0 aliphatic rings. The van der Waals surface area contributed by atoms with Crippen LogP contribution in [0.1, 0.15) is 29.8 Å². The van der Waals surface area contributed by atoms with Gasteiger partial charge in [-0.1, -0.05) is 38.1 Å². The van der Waals surface area contributed by atoms with E-state index in [2.05, 4.69) is 0 Å². The van der Waals surface area contributed by atoms with Gasteiger partial charge in [0.25, 0.3) is 0 Å². The minimum atomic E-state index is -0.635. The quantitative estimate of drug-likeness (QED) is 0.548. The number of alkyl halides is 1. The molecule has 0 aliphatic heterocycles. The number of ether oxygens (including phenoxy) is 1. The highest BCUT2D eigenvalue weighted by molar-refractivity contribution is 6.20. The Balaban J connectivity index is 2.06. The van der Waals surface area contributed by atoms with Crippen molar-refractivity contribution < 1.29 is 18.3 Å². The lowest BCUT2D eigenvalue weighted by atomic mass is 9.86. The van der Waals surface area contributed by atoms with E-state index < -0.39 is 17.0 Å². The molecule has 2 aromatic carbocycles. The first kappa shape index (κ1) is 17.4. The van der Waals surface area contributed by atoms with Crippen molar-refractivity contribution in [1.29, 1.82) is 0 Å². The highest BCUT2D eigenvalue weighted by Crippen LogP contribution is 2.24. The van der Waals surface area contributed by atoms with Crippen LogP contribution in [-0.2, 0) is 6.61 Å². The summed E-state index contributed by atoms with van der Waals surface area (Å²) in [5.41, 5.74) is 0.662. The molecule has 5 heteroatoms. The number of carbonyl (C=O) groups excluding carboxylic acids is 1. The lowest BCUT2D eigenvalue weighted by molar-refractivity contribution is 0.0862. The zero-order valence-electron chi connectivity index (χ0n) is 12.9. The van der Waals surface area contributed by atoms with Crippen molar-refractivity contribution in [1.82, 2.24) is 0 Å². The first-order valence-corrected chi connectivity index (χ1v) is 7.64. The fraction of sp³-hybridized carbons (Fsp3) is 0.278. The monoisotopic (exact) mass is 338 g/mol. The van der Waals surface area contributed by atoms with Crippen molar-refractivity contribution >= 4 is 17.4 Å². The van der Waals surface area contributed by atoms with E-state index in [4.69, 9.17) is 16.3 Å². The van der Waals surface area contributed by atoms with Gasteiger partial charge in [0.15, 0.2) is 17.3 Å². The fourth-order valence-corrected chi connectivity index (χ4v) is 2.07. The molecular formula is C18H17ClF2O2. The third-order valence-electron chi connectivity index (χ3n) is 3.45. The normalized spacial score (nSPS) is 11.3. The van der Waals surface area contributed by atoms with Gasteiger partial charge in [0.2, 0.25) is 0 Å². The molecule has 2 nitrogen and oxygen atoms in total. The number of Topliss-reactive ketones (excluding diaryl/α,β-unsaturated/α-hetero) is 1. The second kappa shape index (κ2) is 7.09. The van der Waals surface area contributed by atoms with Gasteiger partial charge in [-0.3, -0.25) is 4.79 Å². The first-order valence-electron chi connectivity index (χ1n) is 7.11. The smallest absolute Gasteiger partial charge is 0.169 e. The van der Waals surface area contributed by atoms with Crippen molar-refractivity contribution in [2.45, 2.75) is 20.5 Å².